The van der Waals surface area contributed by atoms with Crippen molar-refractivity contribution in [2.24, 2.45) is 7.05 Å². The van der Waals surface area contributed by atoms with Crippen molar-refractivity contribution in [1.82, 2.24) is 29.7 Å². The van der Waals surface area contributed by atoms with Crippen molar-refractivity contribution in [3.05, 3.63) is 87.8 Å². The number of fused-ring (bicyclic) bond motifs is 3. The molecule has 66 heavy (non-hydrogen) atoms. The van der Waals surface area contributed by atoms with Gasteiger partial charge in [-0.25, -0.2) is 27.9 Å². The lowest BCUT2D eigenvalue weighted by Crippen LogP contribution is -2.49. The highest BCUT2D eigenvalue weighted by molar-refractivity contribution is 7.60. The van der Waals surface area contributed by atoms with Crippen LogP contribution in [-0.4, -0.2) is 124 Å². The molecule has 4 heterocycles. The van der Waals surface area contributed by atoms with Gasteiger partial charge in [-0.1, -0.05) is 4.98 Å². The Morgan fingerprint density at radius 1 is 1.03 bits per heavy atom. The van der Waals surface area contributed by atoms with Crippen LogP contribution in [0.4, 0.5) is 16.4 Å². The highest BCUT2D eigenvalue weighted by atomic mass is 31.3. The summed E-state index contributed by atoms with van der Waals surface area (Å²) in [6, 6.07) is 15.2. The van der Waals surface area contributed by atoms with Gasteiger partial charge in [-0.05, 0) is 42.0 Å². The first kappa shape index (κ1) is 47.4. The number of aromatic carboxylic acids is 1. The van der Waals surface area contributed by atoms with Gasteiger partial charge in [0.05, 0.1) is 25.3 Å². The van der Waals surface area contributed by atoms with Crippen LogP contribution in [0, 0.1) is 0 Å². The number of carboxylic acid groups (broad SMARTS) is 1. The maximum Gasteiger partial charge on any atom is 0.481 e. The molecule has 0 saturated carbocycles. The van der Waals surface area contributed by atoms with Crippen molar-refractivity contribution in [3.63, 3.8) is 0 Å². The molecule has 1 saturated heterocycles. The van der Waals surface area contributed by atoms with E-state index in [0.717, 1.165) is 11.0 Å². The lowest BCUT2D eigenvalue weighted by Gasteiger charge is -2.20. The molecule has 1 fully saturated rings. The van der Waals surface area contributed by atoms with E-state index >= 15 is 0 Å². The summed E-state index contributed by atoms with van der Waals surface area (Å²) < 4.78 is 53.9. The van der Waals surface area contributed by atoms with E-state index in [0.29, 0.717) is 27.9 Å². The molecule has 10 N–H and O–H groups in total. The van der Waals surface area contributed by atoms with Gasteiger partial charge in [0.1, 0.15) is 37.6 Å². The number of nitrogens with two attached hydrogens (primary N) is 1. The van der Waals surface area contributed by atoms with Gasteiger partial charge in [0.15, 0.2) is 12.4 Å². The van der Waals surface area contributed by atoms with E-state index in [2.05, 4.69) is 29.4 Å². The van der Waals surface area contributed by atoms with Gasteiger partial charge in [0.25, 0.3) is 17.4 Å². The molecule has 2 amide bonds. The van der Waals surface area contributed by atoms with E-state index in [1.807, 2.05) is 74.1 Å². The molecule has 0 radical (unpaired) electrons. The number of aryl methyl sites for hydroxylation is 1. The first-order chi connectivity index (χ1) is 31.0. The Morgan fingerprint density at radius 3 is 2.44 bits per heavy atom. The second kappa shape index (κ2) is 18.4. The number of carbonyl (C=O) groups is 3. The number of hydrogen-bond acceptors (Lipinski definition) is 15. The quantitative estimate of drug-likeness (QED) is 0.0310. The number of aromatic amines is 1. The third kappa shape index (κ3) is 9.99. The number of nitrogens with one attached hydrogen (secondary N) is 3. The summed E-state index contributed by atoms with van der Waals surface area (Å²) in [6.07, 6.45) is -6.49. The molecule has 3 aliphatic rings. The number of imidazole rings is 1. The molecule has 5 atom stereocenters. The van der Waals surface area contributed by atoms with Gasteiger partial charge >= 0.3 is 33.4 Å². The van der Waals surface area contributed by atoms with Crippen molar-refractivity contribution >= 4 is 67.4 Å². The third-order valence-corrected chi connectivity index (χ3v) is 12.6. The topological polar surface area (TPSA) is 347 Å². The predicted molar refractivity (Wildman–Crippen MR) is 232 cm³/mol. The summed E-state index contributed by atoms with van der Waals surface area (Å²) in [7, 11) is -1.94. The van der Waals surface area contributed by atoms with Crippen molar-refractivity contribution in [2.75, 3.05) is 58.5 Å². The van der Waals surface area contributed by atoms with Crippen LogP contribution in [0.5, 0.6) is 0 Å². The smallest absolute Gasteiger partial charge is 0.478 e. The molecule has 25 nitrogen and oxygen atoms in total. The monoisotopic (exact) mass is 957 g/mol. The Labute approximate surface area is 372 Å². The molecule has 27 heteroatoms. The fourth-order valence-corrected chi connectivity index (χ4v) is 8.99. The normalized spacial score (nSPS) is 18.3. The highest BCUT2D eigenvalue weighted by Gasteiger charge is 2.51. The number of H-pyrrole nitrogens is 1. The minimum absolute atomic E-state index is 0.0151. The van der Waals surface area contributed by atoms with Crippen molar-refractivity contribution in [3.8, 4) is 22.5 Å². The van der Waals surface area contributed by atoms with Crippen LogP contribution in [-0.2, 0) is 34.5 Å². The molecule has 7 rings (SSSR count). The largest absolute Gasteiger partial charge is 0.481 e. The van der Waals surface area contributed by atoms with Crippen molar-refractivity contribution in [2.45, 2.75) is 24.5 Å². The summed E-state index contributed by atoms with van der Waals surface area (Å²) in [5.74, 6) is -1.68. The van der Waals surface area contributed by atoms with E-state index < -0.39 is 70.3 Å². The fraction of sp³-hybridized carbons (Fsp3) is 0.308. The number of phosphoric ester groups is 1. The number of phosphoric acid groups is 2. The van der Waals surface area contributed by atoms with Crippen molar-refractivity contribution in [1.29, 1.82) is 0 Å². The molecule has 2 aromatic carbocycles. The zero-order chi connectivity index (χ0) is 48.0. The lowest BCUT2D eigenvalue weighted by molar-refractivity contribution is -0.745. The fourth-order valence-electron chi connectivity index (χ4n) is 7.39. The number of rotatable bonds is 14. The number of carbonyl (C=O) groups excluding carboxylic acids is 2. The van der Waals surface area contributed by atoms with E-state index in [1.165, 1.54) is 40.7 Å². The van der Waals surface area contributed by atoms with Gasteiger partial charge < -0.3 is 60.1 Å². The number of nitrogens with zero attached hydrogens (tertiary/aromatic N) is 5. The van der Waals surface area contributed by atoms with E-state index in [9.17, 15) is 43.4 Å². The number of benzene rings is 3. The number of ether oxygens (including phenoxy) is 2. The zero-order valence-corrected chi connectivity index (χ0v) is 37.4. The highest BCUT2D eigenvalue weighted by Crippen LogP contribution is 2.57. The molecule has 350 valence electrons. The lowest BCUT2D eigenvalue weighted by atomic mass is 9.89. The summed E-state index contributed by atoms with van der Waals surface area (Å²) >= 11 is 0. The zero-order valence-electron chi connectivity index (χ0n) is 35.6. The summed E-state index contributed by atoms with van der Waals surface area (Å²) in [5, 5.41) is 28.1. The molecule has 2 aromatic heterocycles. The first-order valence-corrected chi connectivity index (χ1v) is 22.7. The molecule has 4 aromatic rings. The first-order valence-electron chi connectivity index (χ1n) is 19.6. The van der Waals surface area contributed by atoms with Gasteiger partial charge in [-0.3, -0.25) is 23.7 Å². The van der Waals surface area contributed by atoms with Crippen LogP contribution in [0.2, 0.25) is 0 Å². The maximum atomic E-state index is 13.6. The van der Waals surface area contributed by atoms with Crippen molar-refractivity contribution < 1.29 is 75.7 Å². The minimum Gasteiger partial charge on any atom is -0.478 e. The second-order valence-electron chi connectivity index (χ2n) is 15.4. The number of amides is 2. The summed E-state index contributed by atoms with van der Waals surface area (Å²) in [5.41, 5.74) is 7.71. The number of nitrogen functional groups attached to an aromatic ring is 1. The second-order valence-corrected chi connectivity index (χ2v) is 18.2. The van der Waals surface area contributed by atoms with Gasteiger partial charge in [0, 0.05) is 67.1 Å². The molecular formula is C39H45N9O16P2+2. The molecule has 1 unspecified atom stereocenters. The average molecular weight is 958 g/mol. The minimum atomic E-state index is -5.50. The van der Waals surface area contributed by atoms with Crippen LogP contribution >= 0.6 is 15.6 Å². The Bertz CT molecular complexity index is 3110. The third-order valence-electron chi connectivity index (χ3n) is 10.4. The molecule has 0 spiro atoms. The van der Waals surface area contributed by atoms with E-state index in [-0.39, 0.29) is 46.9 Å². The molecule has 2 aliphatic heterocycles. The average Bonchev–Trinajstić information content (AvgIpc) is 3.72. The SMILES string of the molecule is CN(C)c1ccc2c(-c3cc(C(=O)NCCNC(=O)O[C@@H]4[C@H](O)[C@@H](COP(=O)(O)OP(=O)(O)O)O[C@H]4[n+]4cn(C)c5c(=O)[nH]c(N)nc54)ccc3C(=O)O)c3ccc(=[N+](C)C)cc-3oc2c1. The van der Waals surface area contributed by atoms with Crippen LogP contribution in [0.3, 0.4) is 0 Å². The van der Waals surface area contributed by atoms with Crippen LogP contribution in [0.1, 0.15) is 26.9 Å². The van der Waals surface area contributed by atoms with E-state index in [4.69, 9.17) is 29.4 Å². The molecule has 1 aliphatic carbocycles. The molecular weight excluding hydrogens is 912 g/mol. The van der Waals surface area contributed by atoms with Crippen LogP contribution in [0.25, 0.3) is 44.6 Å². The van der Waals surface area contributed by atoms with Gasteiger partial charge in [-0.2, -0.15) is 4.31 Å². The maximum absolute atomic E-state index is 13.6. The Balaban J connectivity index is 1.10. The van der Waals surface area contributed by atoms with Crippen LogP contribution < -0.4 is 41.3 Å². The number of carboxylic acids is 1. The number of aliphatic hydroxyl groups excluding tert-OH is 1. The van der Waals surface area contributed by atoms with Gasteiger partial charge in [-0.15, -0.1) is 0 Å². The van der Waals surface area contributed by atoms with Crippen LogP contribution in [0.15, 0.2) is 70.1 Å². The number of alkyl carbamates (subject to hydrolysis) is 1. The number of aliphatic hydroxyl groups is 1. The number of anilines is 2. The van der Waals surface area contributed by atoms with Gasteiger partial charge in [0.2, 0.25) is 17.1 Å². The standard InChI is InChI=1S/C39H43N9O16P2/c1-45(2)20-7-10-23-26(15-20)61-27-16-21(46(3)4)8-11-24(27)29(23)25-14-19(6-9-22(25)37(52)53)34(50)41-12-13-42-39(54)63-32-31(49)28(17-60-66(58,59)64-65(55,56)57)62-36(32)48-18-47(5)30-33(48)43-38(40)44-35(30)51/h6-11,14-16,18,28,31-32,36,49H,12-13,17H2,1-5H3,(H7-2,40,41,42,43,44,50,51,52,53,54,55,56,57,58,59)/p+2/t28-,31-,32-,36-/m1/s1. The predicted octanol–water partition coefficient (Wildman–Crippen LogP) is 0.455. The Kier molecular flexibility index (Phi) is 13.2. The van der Waals surface area contributed by atoms with E-state index in [1.54, 1.807) is 0 Å². The number of hydrogen-bond donors (Lipinski definition) is 9. The summed E-state index contributed by atoms with van der Waals surface area (Å²) in [6.45, 7) is -1.44. The Morgan fingerprint density at radius 2 is 1.76 bits per heavy atom. The summed E-state index contributed by atoms with van der Waals surface area (Å²) in [4.78, 5) is 88.3. The molecule has 0 bridgehead atoms. The Hall–Kier alpha value is -6.53. The number of aromatic nitrogens is 4.